The van der Waals surface area contributed by atoms with Crippen LogP contribution in [0.4, 0.5) is 0 Å². The van der Waals surface area contributed by atoms with Gasteiger partial charge >= 0.3 is 5.69 Å². The summed E-state index contributed by atoms with van der Waals surface area (Å²) in [6, 6.07) is 14.2. The van der Waals surface area contributed by atoms with Crippen molar-refractivity contribution in [3.63, 3.8) is 0 Å². The van der Waals surface area contributed by atoms with Gasteiger partial charge in [0.2, 0.25) is 0 Å². The van der Waals surface area contributed by atoms with E-state index in [-0.39, 0.29) is 5.69 Å². The topological polar surface area (TPSA) is 39.8 Å². The normalized spacial score (nSPS) is 10.5. The highest BCUT2D eigenvalue weighted by Crippen LogP contribution is 2.26. The van der Waals surface area contributed by atoms with Crippen LogP contribution in [0.2, 0.25) is 0 Å². The van der Waals surface area contributed by atoms with Gasteiger partial charge in [0.05, 0.1) is 0 Å². The maximum Gasteiger partial charge on any atom is 0.347 e. The van der Waals surface area contributed by atoms with E-state index in [1.807, 2.05) is 53.8 Å². The van der Waals surface area contributed by atoms with Crippen molar-refractivity contribution in [1.29, 1.82) is 0 Å². The fourth-order valence-corrected chi connectivity index (χ4v) is 2.72. The van der Waals surface area contributed by atoms with Gasteiger partial charge in [-0.05, 0) is 21.6 Å². The molecule has 0 spiro atoms. The van der Waals surface area contributed by atoms with Gasteiger partial charge in [0.25, 0.3) is 0 Å². The molecule has 0 saturated carbocycles. The number of benzene rings is 2. The lowest BCUT2D eigenvalue weighted by Gasteiger charge is -2.06. The summed E-state index contributed by atoms with van der Waals surface area (Å²) in [4.78, 5) is 12.4. The number of halogens is 1. The molecule has 0 amide bonds. The van der Waals surface area contributed by atoms with Crippen LogP contribution < -0.4 is 5.69 Å². The van der Waals surface area contributed by atoms with Crippen molar-refractivity contribution >= 4 is 33.4 Å². The summed E-state index contributed by atoms with van der Waals surface area (Å²) < 4.78 is 5.88. The summed E-state index contributed by atoms with van der Waals surface area (Å²) in [6.45, 7) is 2.84. The van der Waals surface area contributed by atoms with Crippen molar-refractivity contribution in [3.05, 3.63) is 52.9 Å². The molecule has 0 aliphatic carbocycles. The minimum absolute atomic E-state index is 0.121. The number of hydrogen-bond acceptors (Lipinski definition) is 2. The second-order valence-electron chi connectivity index (χ2n) is 4.81. The zero-order valence-electron chi connectivity index (χ0n) is 12.1. The van der Waals surface area contributed by atoms with Gasteiger partial charge in [-0.3, -0.25) is 4.57 Å². The van der Waals surface area contributed by atoms with Crippen molar-refractivity contribution in [1.82, 2.24) is 14.3 Å². The predicted octanol–water partition coefficient (Wildman–Crippen LogP) is 3.28. The van der Waals surface area contributed by atoms with Crippen molar-refractivity contribution in [2.75, 3.05) is 0 Å². The van der Waals surface area contributed by atoms with Crippen LogP contribution in [0.3, 0.4) is 0 Å². The molecule has 110 valence electrons. The molecule has 0 fully saturated rings. The fourth-order valence-electron chi connectivity index (χ4n) is 2.55. The maximum atomic E-state index is 12.4. The molecule has 4 nitrogen and oxygen atoms in total. The Kier molecular flexibility index (Phi) is 4.29. The third-order valence-corrected chi connectivity index (χ3v) is 3.95. The minimum Gasteiger partial charge on any atom is -0.275 e. The summed E-state index contributed by atoms with van der Waals surface area (Å²) in [5, 5.41) is 6.73. The number of aromatic nitrogens is 3. The molecule has 0 saturated heterocycles. The maximum absolute atomic E-state index is 12.4. The molecule has 3 rings (SSSR count). The number of rotatable bonds is 3. The molecule has 0 aliphatic rings. The Balaban J connectivity index is 2.26. The van der Waals surface area contributed by atoms with Crippen LogP contribution in [0.15, 0.2) is 47.3 Å². The quantitative estimate of drug-likeness (QED) is 0.498. The van der Waals surface area contributed by atoms with Crippen LogP contribution >= 0.6 is 22.6 Å². The van der Waals surface area contributed by atoms with Crippen molar-refractivity contribution in [2.24, 2.45) is 0 Å². The second-order valence-corrected chi connectivity index (χ2v) is 5.35. The minimum atomic E-state index is -0.121. The van der Waals surface area contributed by atoms with E-state index in [1.54, 1.807) is 4.57 Å². The lowest BCUT2D eigenvalue weighted by Crippen LogP contribution is -2.24. The molecule has 1 aromatic heterocycles. The second kappa shape index (κ2) is 6.36. The summed E-state index contributed by atoms with van der Waals surface area (Å²) in [5.74, 6) is 3.58. The molecular formula is C17H14IN3O. The van der Waals surface area contributed by atoms with Gasteiger partial charge in [0, 0.05) is 34.7 Å². The van der Waals surface area contributed by atoms with Crippen LogP contribution in [-0.4, -0.2) is 14.3 Å². The molecule has 5 heteroatoms. The highest BCUT2D eigenvalue weighted by Gasteiger charge is 2.15. The van der Waals surface area contributed by atoms with Crippen LogP contribution in [0.25, 0.3) is 22.2 Å². The Morgan fingerprint density at radius 3 is 2.73 bits per heavy atom. The number of hydrogen-bond donors (Lipinski definition) is 0. The average molecular weight is 403 g/mol. The van der Waals surface area contributed by atoms with E-state index in [0.29, 0.717) is 18.9 Å². The number of nitrogens with zero attached hydrogens (tertiary/aromatic N) is 3. The SMILES string of the molecule is CCn1c(-c2cccc3ccccc23)nn(CC#CI)c1=O. The van der Waals surface area contributed by atoms with Gasteiger partial charge in [-0.25, -0.2) is 9.48 Å². The molecule has 22 heavy (non-hydrogen) atoms. The molecule has 0 bridgehead atoms. The molecule has 0 radical (unpaired) electrons. The van der Waals surface area contributed by atoms with E-state index in [1.165, 1.54) is 4.68 Å². The molecule has 0 atom stereocenters. The van der Waals surface area contributed by atoms with Crippen molar-refractivity contribution in [2.45, 2.75) is 20.0 Å². The van der Waals surface area contributed by atoms with E-state index in [4.69, 9.17) is 0 Å². The molecule has 0 N–H and O–H groups in total. The first kappa shape index (κ1) is 14.9. The molecule has 3 aromatic rings. The lowest BCUT2D eigenvalue weighted by atomic mass is 10.0. The monoisotopic (exact) mass is 403 g/mol. The predicted molar refractivity (Wildman–Crippen MR) is 96.9 cm³/mol. The molecule has 0 aliphatic heterocycles. The fraction of sp³-hybridized carbons (Fsp3) is 0.176. The molecular weight excluding hydrogens is 389 g/mol. The molecule has 1 heterocycles. The van der Waals surface area contributed by atoms with Gasteiger partial charge < -0.3 is 0 Å². The Morgan fingerprint density at radius 1 is 1.18 bits per heavy atom. The van der Waals surface area contributed by atoms with E-state index >= 15 is 0 Å². The lowest BCUT2D eigenvalue weighted by molar-refractivity contribution is 0.649. The van der Waals surface area contributed by atoms with E-state index in [9.17, 15) is 4.79 Å². The molecule has 0 unspecified atom stereocenters. The third-order valence-electron chi connectivity index (χ3n) is 3.57. The third kappa shape index (κ3) is 2.55. The number of fused-ring (bicyclic) bond motifs is 1. The Bertz CT molecular complexity index is 938. The summed E-state index contributed by atoms with van der Waals surface area (Å²) in [7, 11) is 0. The highest BCUT2D eigenvalue weighted by molar-refractivity contribution is 14.1. The van der Waals surface area contributed by atoms with Crippen molar-refractivity contribution < 1.29 is 0 Å². The first-order chi connectivity index (χ1) is 10.8. The van der Waals surface area contributed by atoms with Gasteiger partial charge in [-0.2, -0.15) is 0 Å². The summed E-state index contributed by atoms with van der Waals surface area (Å²) >= 11 is 1.96. The zero-order chi connectivity index (χ0) is 15.5. The Hall–Kier alpha value is -2.07. The smallest absolute Gasteiger partial charge is 0.275 e. The Labute approximate surface area is 141 Å². The van der Waals surface area contributed by atoms with E-state index in [0.717, 1.165) is 16.3 Å². The molecule has 2 aromatic carbocycles. The first-order valence-corrected chi connectivity index (χ1v) is 8.08. The first-order valence-electron chi connectivity index (χ1n) is 7.00. The average Bonchev–Trinajstić information content (AvgIpc) is 2.88. The van der Waals surface area contributed by atoms with E-state index < -0.39 is 0 Å². The largest absolute Gasteiger partial charge is 0.347 e. The van der Waals surface area contributed by atoms with Crippen LogP contribution in [0.5, 0.6) is 0 Å². The van der Waals surface area contributed by atoms with Crippen molar-refractivity contribution in [3.8, 4) is 21.2 Å². The van der Waals surface area contributed by atoms with Crippen LogP contribution in [0, 0.1) is 9.85 Å². The standard InChI is InChI=1S/C17H14IN3O/c1-2-20-16(19-21(17(20)22)12-6-11-18)15-10-5-8-13-7-3-4-9-14(13)15/h3-5,7-10H,2,12H2,1H3. The Morgan fingerprint density at radius 2 is 1.95 bits per heavy atom. The summed E-state index contributed by atoms with van der Waals surface area (Å²) in [6.07, 6.45) is 0. The van der Waals surface area contributed by atoms with Gasteiger partial charge in [0.15, 0.2) is 5.82 Å². The highest BCUT2D eigenvalue weighted by atomic mass is 127. The van der Waals surface area contributed by atoms with Crippen LogP contribution in [-0.2, 0) is 13.1 Å². The van der Waals surface area contributed by atoms with Crippen LogP contribution in [0.1, 0.15) is 6.92 Å². The van der Waals surface area contributed by atoms with Gasteiger partial charge in [0.1, 0.15) is 6.54 Å². The summed E-state index contributed by atoms with van der Waals surface area (Å²) in [5.41, 5.74) is 0.850. The van der Waals surface area contributed by atoms with Gasteiger partial charge in [-0.1, -0.05) is 48.4 Å². The van der Waals surface area contributed by atoms with Gasteiger partial charge in [-0.15, -0.1) is 5.10 Å². The van der Waals surface area contributed by atoms with E-state index in [2.05, 4.69) is 33.1 Å². The zero-order valence-corrected chi connectivity index (χ0v) is 14.2.